The van der Waals surface area contributed by atoms with Gasteiger partial charge in [-0.2, -0.15) is 0 Å². The molecular formula is C24H28FN3O5S. The third-order valence-corrected chi connectivity index (χ3v) is 7.57. The van der Waals surface area contributed by atoms with E-state index in [1.807, 2.05) is 0 Å². The number of rotatable bonds is 9. The summed E-state index contributed by atoms with van der Waals surface area (Å²) < 4.78 is 46.0. The minimum absolute atomic E-state index is 0.0963. The summed E-state index contributed by atoms with van der Waals surface area (Å²) in [6.45, 7) is 1.65. The molecule has 0 spiro atoms. The number of hydrogen-bond acceptors (Lipinski definition) is 5. The van der Waals surface area contributed by atoms with E-state index in [4.69, 9.17) is 4.74 Å². The van der Waals surface area contributed by atoms with Crippen molar-refractivity contribution in [3.63, 3.8) is 0 Å². The fraction of sp³-hybridized carbons (Fsp3) is 0.417. The van der Waals surface area contributed by atoms with Gasteiger partial charge in [0.25, 0.3) is 0 Å². The predicted octanol–water partition coefficient (Wildman–Crippen LogP) is 2.31. The van der Waals surface area contributed by atoms with Crippen LogP contribution in [0.1, 0.15) is 24.8 Å². The molecule has 0 aliphatic carbocycles. The molecule has 10 heteroatoms. The number of anilines is 1. The molecule has 2 fully saturated rings. The van der Waals surface area contributed by atoms with Gasteiger partial charge >= 0.3 is 0 Å². The number of likely N-dealkylation sites (tertiary alicyclic amines) is 1. The molecule has 34 heavy (non-hydrogen) atoms. The van der Waals surface area contributed by atoms with E-state index < -0.39 is 15.9 Å². The van der Waals surface area contributed by atoms with Gasteiger partial charge in [-0.3, -0.25) is 9.59 Å². The average molecular weight is 490 g/mol. The largest absolute Gasteiger partial charge is 0.377 e. The predicted molar refractivity (Wildman–Crippen MR) is 124 cm³/mol. The zero-order valence-electron chi connectivity index (χ0n) is 18.7. The van der Waals surface area contributed by atoms with E-state index in [1.54, 1.807) is 17.0 Å². The topological polar surface area (TPSA) is 105 Å². The number of amides is 2. The van der Waals surface area contributed by atoms with Gasteiger partial charge < -0.3 is 15.0 Å². The summed E-state index contributed by atoms with van der Waals surface area (Å²) in [5.41, 5.74) is 1.38. The lowest BCUT2D eigenvalue weighted by Crippen LogP contribution is -2.31. The molecule has 182 valence electrons. The van der Waals surface area contributed by atoms with Gasteiger partial charge in [0.05, 0.1) is 16.9 Å². The summed E-state index contributed by atoms with van der Waals surface area (Å²) in [4.78, 5) is 26.8. The van der Waals surface area contributed by atoms with Crippen LogP contribution in [-0.2, 0) is 30.8 Å². The van der Waals surface area contributed by atoms with Crippen LogP contribution in [0, 0.1) is 11.7 Å². The Morgan fingerprint density at radius 2 is 1.85 bits per heavy atom. The van der Waals surface area contributed by atoms with Crippen molar-refractivity contribution in [3.8, 4) is 0 Å². The van der Waals surface area contributed by atoms with E-state index in [2.05, 4.69) is 10.0 Å². The zero-order valence-corrected chi connectivity index (χ0v) is 19.5. The normalized spacial score (nSPS) is 20.6. The Balaban J connectivity index is 1.27. The number of halogens is 1. The average Bonchev–Trinajstić information content (AvgIpc) is 3.48. The van der Waals surface area contributed by atoms with Gasteiger partial charge in [0.2, 0.25) is 21.8 Å². The molecule has 0 radical (unpaired) electrons. The maximum Gasteiger partial charge on any atom is 0.240 e. The van der Waals surface area contributed by atoms with E-state index in [0.29, 0.717) is 31.8 Å². The number of sulfonamides is 1. The molecule has 4 rings (SSSR count). The molecule has 0 bridgehead atoms. The summed E-state index contributed by atoms with van der Waals surface area (Å²) in [5, 5.41) is 2.77. The van der Waals surface area contributed by atoms with Gasteiger partial charge in [0, 0.05) is 38.3 Å². The van der Waals surface area contributed by atoms with Crippen LogP contribution < -0.4 is 10.0 Å². The maximum absolute atomic E-state index is 13.0. The smallest absolute Gasteiger partial charge is 0.240 e. The van der Waals surface area contributed by atoms with E-state index in [9.17, 15) is 22.4 Å². The Hall–Kier alpha value is -2.82. The number of carbonyl (C=O) groups is 2. The first-order chi connectivity index (χ1) is 16.3. The van der Waals surface area contributed by atoms with Gasteiger partial charge in [0.1, 0.15) is 5.82 Å². The van der Waals surface area contributed by atoms with Gasteiger partial charge in [0.15, 0.2) is 0 Å². The van der Waals surface area contributed by atoms with Crippen molar-refractivity contribution in [2.45, 2.75) is 36.7 Å². The van der Waals surface area contributed by atoms with Crippen LogP contribution in [0.4, 0.5) is 10.1 Å². The van der Waals surface area contributed by atoms with Crippen LogP contribution in [0.3, 0.4) is 0 Å². The quantitative estimate of drug-likeness (QED) is 0.563. The molecule has 2 aromatic rings. The minimum Gasteiger partial charge on any atom is -0.377 e. The highest BCUT2D eigenvalue weighted by Gasteiger charge is 2.34. The van der Waals surface area contributed by atoms with Crippen LogP contribution in [0.5, 0.6) is 0 Å². The number of ether oxygens (including phenoxy) is 1. The summed E-state index contributed by atoms with van der Waals surface area (Å²) in [7, 11) is -3.67. The molecule has 2 aromatic carbocycles. The molecule has 2 heterocycles. The molecular weight excluding hydrogens is 461 g/mol. The Labute approximate surface area is 198 Å². The number of carbonyl (C=O) groups excluding carboxylic acids is 2. The number of nitrogens with one attached hydrogen (secondary N) is 2. The molecule has 8 nitrogen and oxygen atoms in total. The second kappa shape index (κ2) is 10.6. The summed E-state index contributed by atoms with van der Waals surface area (Å²) in [6.07, 6.45) is 2.37. The van der Waals surface area contributed by atoms with Crippen LogP contribution >= 0.6 is 0 Å². The van der Waals surface area contributed by atoms with Crippen molar-refractivity contribution < 1.29 is 27.1 Å². The second-order valence-corrected chi connectivity index (χ2v) is 10.4. The van der Waals surface area contributed by atoms with E-state index >= 15 is 0 Å². The summed E-state index contributed by atoms with van der Waals surface area (Å²) in [6, 6.07) is 12.1. The lowest BCUT2D eigenvalue weighted by Gasteiger charge is -2.16. The van der Waals surface area contributed by atoms with Crippen LogP contribution in [0.25, 0.3) is 0 Å². The lowest BCUT2D eigenvalue weighted by atomic mass is 10.1. The van der Waals surface area contributed by atoms with Crippen LogP contribution in [0.15, 0.2) is 53.4 Å². The molecule has 0 saturated carbocycles. The first kappa shape index (κ1) is 24.3. The Morgan fingerprint density at radius 3 is 2.53 bits per heavy atom. The molecule has 2 aliphatic rings. The van der Waals surface area contributed by atoms with E-state index in [0.717, 1.165) is 18.4 Å². The first-order valence-corrected chi connectivity index (χ1v) is 12.8. The monoisotopic (exact) mass is 489 g/mol. The Kier molecular flexibility index (Phi) is 7.60. The highest BCUT2D eigenvalue weighted by atomic mass is 32.2. The molecule has 2 aliphatic heterocycles. The molecule has 2 saturated heterocycles. The lowest BCUT2D eigenvalue weighted by molar-refractivity contribution is -0.128. The van der Waals surface area contributed by atoms with Crippen molar-refractivity contribution in [1.29, 1.82) is 0 Å². The van der Waals surface area contributed by atoms with Crippen molar-refractivity contribution >= 4 is 27.5 Å². The summed E-state index contributed by atoms with van der Waals surface area (Å²) >= 11 is 0. The van der Waals surface area contributed by atoms with Crippen molar-refractivity contribution in [3.05, 3.63) is 59.9 Å². The van der Waals surface area contributed by atoms with Gasteiger partial charge in [-0.1, -0.05) is 12.1 Å². The van der Waals surface area contributed by atoms with Crippen LogP contribution in [-0.4, -0.2) is 57.5 Å². The number of nitrogens with zero attached hydrogens (tertiary/aromatic N) is 1. The van der Waals surface area contributed by atoms with Gasteiger partial charge in [-0.15, -0.1) is 0 Å². The van der Waals surface area contributed by atoms with Gasteiger partial charge in [-0.05, 0) is 61.2 Å². The van der Waals surface area contributed by atoms with Gasteiger partial charge in [-0.25, -0.2) is 17.5 Å². The summed E-state index contributed by atoms with van der Waals surface area (Å²) in [5.74, 6) is -1.18. The first-order valence-electron chi connectivity index (χ1n) is 11.3. The molecule has 0 aromatic heterocycles. The van der Waals surface area contributed by atoms with Crippen LogP contribution in [0.2, 0.25) is 0 Å². The van der Waals surface area contributed by atoms with E-state index in [-0.39, 0.29) is 41.6 Å². The maximum atomic E-state index is 13.0. The fourth-order valence-electron chi connectivity index (χ4n) is 4.13. The molecule has 2 N–H and O–H groups in total. The Morgan fingerprint density at radius 1 is 1.12 bits per heavy atom. The van der Waals surface area contributed by atoms with Crippen molar-refractivity contribution in [1.82, 2.24) is 9.62 Å². The van der Waals surface area contributed by atoms with Crippen molar-refractivity contribution in [2.75, 3.05) is 31.6 Å². The number of benzene rings is 2. The third kappa shape index (κ3) is 6.19. The molecule has 2 atom stereocenters. The minimum atomic E-state index is -3.67. The number of hydrogen-bond donors (Lipinski definition) is 2. The third-order valence-electron chi connectivity index (χ3n) is 6.13. The zero-order chi connectivity index (χ0) is 24.1. The fourth-order valence-corrected chi connectivity index (χ4v) is 5.20. The SMILES string of the molecule is O=C(Nc1ccc(S(=O)(=O)NC[C@H]2CCCO2)cc1)[C@H]1CC(=O)N(CCc2ccc(F)cc2)C1. The highest BCUT2D eigenvalue weighted by molar-refractivity contribution is 7.89. The van der Waals surface area contributed by atoms with E-state index in [1.165, 1.54) is 36.4 Å². The Bertz CT molecular complexity index is 1120. The second-order valence-electron chi connectivity index (χ2n) is 8.62. The van der Waals surface area contributed by atoms with Crippen molar-refractivity contribution in [2.24, 2.45) is 5.92 Å². The molecule has 2 amide bonds. The standard InChI is InChI=1S/C24H28FN3O5S/c25-19-5-3-17(4-6-19)11-12-28-16-18(14-23(28)29)24(30)27-20-7-9-22(10-8-20)34(31,32)26-15-21-2-1-13-33-21/h3-10,18,21,26H,1-2,11-16H2,(H,27,30)/t18-,21+/m0/s1. The molecule has 0 unspecified atom stereocenters. The highest BCUT2D eigenvalue weighted by Crippen LogP contribution is 2.22.